The molecule has 0 aliphatic heterocycles. The van der Waals surface area contributed by atoms with Crippen LogP contribution in [-0.2, 0) is 5.92 Å². The molecule has 18 heavy (non-hydrogen) atoms. The first-order valence-electron chi connectivity index (χ1n) is 5.96. The molecule has 0 fully saturated rings. The van der Waals surface area contributed by atoms with E-state index in [0.717, 1.165) is 6.07 Å². The Morgan fingerprint density at radius 3 is 2.22 bits per heavy atom. The first-order valence-corrected chi connectivity index (χ1v) is 5.96. The fourth-order valence-corrected chi connectivity index (χ4v) is 1.60. The zero-order valence-corrected chi connectivity index (χ0v) is 11.0. The molecule has 1 rings (SSSR count). The average Bonchev–Trinajstić information content (AvgIpc) is 2.26. The summed E-state index contributed by atoms with van der Waals surface area (Å²) in [4.78, 5) is 0. The lowest BCUT2D eigenvalue weighted by atomic mass is 9.78. The molecule has 0 aromatic heterocycles. The van der Waals surface area contributed by atoms with E-state index in [1.54, 1.807) is 0 Å². The van der Waals surface area contributed by atoms with Crippen molar-refractivity contribution in [3.8, 4) is 0 Å². The van der Waals surface area contributed by atoms with Crippen LogP contribution in [-0.4, -0.2) is 17.2 Å². The van der Waals surface area contributed by atoms with Crippen molar-refractivity contribution in [3.05, 3.63) is 29.8 Å². The Hall–Kier alpha value is -0.935. The molecule has 2 N–H and O–H groups in total. The lowest BCUT2D eigenvalue weighted by Gasteiger charge is -2.23. The third-order valence-electron chi connectivity index (χ3n) is 2.80. The minimum Gasteiger partial charge on any atom is -0.423 e. The summed E-state index contributed by atoms with van der Waals surface area (Å²) in [6.07, 6.45) is 0.146. The number of rotatable bonds is 4. The Labute approximate surface area is 107 Å². The summed E-state index contributed by atoms with van der Waals surface area (Å²) in [5.41, 5.74) is -0.238. The third-order valence-corrected chi connectivity index (χ3v) is 2.80. The maximum absolute atomic E-state index is 14.0. The van der Waals surface area contributed by atoms with Crippen LogP contribution in [0.25, 0.3) is 0 Å². The Morgan fingerprint density at radius 1 is 1.11 bits per heavy atom. The Morgan fingerprint density at radius 2 is 1.72 bits per heavy atom. The molecule has 0 saturated heterocycles. The van der Waals surface area contributed by atoms with E-state index >= 15 is 0 Å². The van der Waals surface area contributed by atoms with Crippen LogP contribution in [0.3, 0.4) is 0 Å². The number of benzene rings is 1. The van der Waals surface area contributed by atoms with Crippen molar-refractivity contribution in [1.82, 2.24) is 0 Å². The van der Waals surface area contributed by atoms with E-state index < -0.39 is 13.0 Å². The summed E-state index contributed by atoms with van der Waals surface area (Å²) in [7, 11) is -1.72. The second kappa shape index (κ2) is 5.37. The quantitative estimate of drug-likeness (QED) is 0.811. The summed E-state index contributed by atoms with van der Waals surface area (Å²) >= 11 is 0. The molecule has 0 aliphatic rings. The van der Waals surface area contributed by atoms with Crippen LogP contribution >= 0.6 is 0 Å². The van der Waals surface area contributed by atoms with Crippen LogP contribution in [0.5, 0.6) is 0 Å². The molecular formula is C13H19BF2O2. The molecule has 100 valence electrons. The Bertz CT molecular complexity index is 400. The van der Waals surface area contributed by atoms with Gasteiger partial charge in [-0.15, -0.1) is 0 Å². The fourth-order valence-electron chi connectivity index (χ4n) is 1.60. The Balaban J connectivity index is 2.87. The van der Waals surface area contributed by atoms with Crippen LogP contribution in [0.1, 0.15) is 39.2 Å². The van der Waals surface area contributed by atoms with Gasteiger partial charge in [-0.2, -0.15) is 0 Å². The minimum absolute atomic E-state index is 0.0860. The standard InChI is InChI=1S/C13H19BF2O2/c1-12(2,3)7-8-13(15,16)10-5-4-6-11(9-10)14(17)18/h4-6,9,17-18H,7-8H2,1-3H3. The zero-order valence-electron chi connectivity index (χ0n) is 11.0. The Kier molecular flexibility index (Phi) is 4.51. The second-order valence-electron chi connectivity index (χ2n) is 5.76. The molecule has 0 atom stereocenters. The molecule has 0 saturated carbocycles. The van der Waals surface area contributed by atoms with Crippen molar-refractivity contribution in [1.29, 1.82) is 0 Å². The molecule has 5 heteroatoms. The predicted octanol–water partition coefficient (Wildman–Crippen LogP) is 2.28. The molecule has 0 unspecified atom stereocenters. The zero-order chi connectivity index (χ0) is 14.0. The van der Waals surface area contributed by atoms with E-state index in [1.807, 2.05) is 20.8 Å². The van der Waals surface area contributed by atoms with Gasteiger partial charge in [0.1, 0.15) is 0 Å². The van der Waals surface area contributed by atoms with E-state index in [-0.39, 0.29) is 22.9 Å². The molecule has 0 aliphatic carbocycles. The highest BCUT2D eigenvalue weighted by Crippen LogP contribution is 2.36. The fraction of sp³-hybridized carbons (Fsp3) is 0.538. The van der Waals surface area contributed by atoms with Gasteiger partial charge >= 0.3 is 7.12 Å². The highest BCUT2D eigenvalue weighted by Gasteiger charge is 2.33. The predicted molar refractivity (Wildman–Crippen MR) is 68.9 cm³/mol. The third kappa shape index (κ3) is 4.39. The number of alkyl halides is 2. The molecule has 2 nitrogen and oxygen atoms in total. The van der Waals surface area contributed by atoms with Gasteiger partial charge in [-0.05, 0) is 17.3 Å². The maximum atomic E-state index is 14.0. The summed E-state index contributed by atoms with van der Waals surface area (Å²) < 4.78 is 27.9. The molecule has 1 aromatic carbocycles. The van der Waals surface area contributed by atoms with E-state index in [2.05, 4.69) is 0 Å². The van der Waals surface area contributed by atoms with Crippen LogP contribution in [0.15, 0.2) is 24.3 Å². The van der Waals surface area contributed by atoms with Crippen molar-refractivity contribution in [2.75, 3.05) is 0 Å². The average molecular weight is 256 g/mol. The van der Waals surface area contributed by atoms with Crippen molar-refractivity contribution in [2.24, 2.45) is 5.41 Å². The van der Waals surface area contributed by atoms with Crippen LogP contribution in [0.4, 0.5) is 8.78 Å². The van der Waals surface area contributed by atoms with E-state index in [4.69, 9.17) is 10.0 Å². The lowest BCUT2D eigenvalue weighted by molar-refractivity contribution is -0.0228. The molecule has 0 amide bonds. The first kappa shape index (κ1) is 15.1. The number of hydrogen-bond acceptors (Lipinski definition) is 2. The van der Waals surface area contributed by atoms with Gasteiger partial charge in [0, 0.05) is 12.0 Å². The van der Waals surface area contributed by atoms with Crippen molar-refractivity contribution in [3.63, 3.8) is 0 Å². The largest absolute Gasteiger partial charge is 0.488 e. The lowest BCUT2D eigenvalue weighted by Crippen LogP contribution is -2.31. The van der Waals surface area contributed by atoms with Crippen molar-refractivity contribution >= 4 is 12.6 Å². The van der Waals surface area contributed by atoms with Gasteiger partial charge in [-0.25, -0.2) is 8.78 Å². The van der Waals surface area contributed by atoms with Gasteiger partial charge in [0.2, 0.25) is 0 Å². The smallest absolute Gasteiger partial charge is 0.423 e. The molecule has 0 bridgehead atoms. The monoisotopic (exact) mass is 256 g/mol. The van der Waals surface area contributed by atoms with Gasteiger partial charge in [-0.1, -0.05) is 45.0 Å². The van der Waals surface area contributed by atoms with Crippen LogP contribution in [0.2, 0.25) is 0 Å². The van der Waals surface area contributed by atoms with Gasteiger partial charge in [-0.3, -0.25) is 0 Å². The van der Waals surface area contributed by atoms with Gasteiger partial charge < -0.3 is 10.0 Å². The van der Waals surface area contributed by atoms with Crippen LogP contribution < -0.4 is 5.46 Å². The van der Waals surface area contributed by atoms with E-state index in [1.165, 1.54) is 18.2 Å². The summed E-state index contributed by atoms with van der Waals surface area (Å²) in [5.74, 6) is -2.95. The molecular weight excluding hydrogens is 237 g/mol. The maximum Gasteiger partial charge on any atom is 0.488 e. The molecule has 0 radical (unpaired) electrons. The molecule has 1 aromatic rings. The summed E-state index contributed by atoms with van der Waals surface area (Å²) in [6, 6.07) is 5.28. The minimum atomic E-state index is -2.95. The number of halogens is 2. The topological polar surface area (TPSA) is 40.5 Å². The highest BCUT2D eigenvalue weighted by atomic mass is 19.3. The highest BCUT2D eigenvalue weighted by molar-refractivity contribution is 6.58. The SMILES string of the molecule is CC(C)(C)CCC(F)(F)c1cccc(B(O)O)c1. The van der Waals surface area contributed by atoms with E-state index in [9.17, 15) is 8.78 Å². The number of hydrogen-bond donors (Lipinski definition) is 2. The van der Waals surface area contributed by atoms with Crippen molar-refractivity contribution < 1.29 is 18.8 Å². The first-order chi connectivity index (χ1) is 8.12. The molecule has 0 heterocycles. The molecule has 0 spiro atoms. The van der Waals surface area contributed by atoms with Gasteiger partial charge in [0.05, 0.1) is 0 Å². The van der Waals surface area contributed by atoms with Gasteiger partial charge in [0.15, 0.2) is 0 Å². The summed E-state index contributed by atoms with van der Waals surface area (Å²) in [5, 5.41) is 18.0. The van der Waals surface area contributed by atoms with Crippen LogP contribution in [0, 0.1) is 5.41 Å². The normalized spacial score (nSPS) is 12.6. The van der Waals surface area contributed by atoms with Gasteiger partial charge in [0.25, 0.3) is 5.92 Å². The second-order valence-corrected chi connectivity index (χ2v) is 5.76. The van der Waals surface area contributed by atoms with Crippen molar-refractivity contribution in [2.45, 2.75) is 39.5 Å². The summed E-state index contributed by atoms with van der Waals surface area (Å²) in [6.45, 7) is 5.74. The van der Waals surface area contributed by atoms with E-state index in [0.29, 0.717) is 6.42 Å².